The number of hydrogen-bond acceptors (Lipinski definition) is 8. The van der Waals surface area contributed by atoms with Crippen LogP contribution in [0, 0.1) is 0 Å². The Morgan fingerprint density at radius 2 is 2.14 bits per heavy atom. The third-order valence-corrected chi connectivity index (χ3v) is 5.89. The lowest BCUT2D eigenvalue weighted by Gasteiger charge is -2.29. The number of hydrogen-bond donors (Lipinski definition) is 4. The van der Waals surface area contributed by atoms with Crippen LogP contribution < -0.4 is 16.6 Å². The van der Waals surface area contributed by atoms with Crippen LogP contribution in [-0.2, 0) is 0 Å². The fraction of sp³-hybridized carbons (Fsp3) is 0.400. The summed E-state index contributed by atoms with van der Waals surface area (Å²) in [5.41, 5.74) is 7.28. The van der Waals surface area contributed by atoms with E-state index < -0.39 is 5.54 Å². The summed E-state index contributed by atoms with van der Waals surface area (Å²) >= 11 is 0. The maximum atomic E-state index is 13.1. The SMILES string of the molecule is C=CCCN(C)C(=O)c1c[nH]c(=O)cc1-c1cnc2c(N[C@@](C)(CO)CCCC)nc(N)nc2c1. The molecule has 186 valence electrons. The molecule has 0 aliphatic rings. The Bertz CT molecular complexity index is 1270. The van der Waals surface area contributed by atoms with Crippen molar-refractivity contribution >= 4 is 28.7 Å². The molecule has 10 nitrogen and oxygen atoms in total. The van der Waals surface area contributed by atoms with Gasteiger partial charge in [0, 0.05) is 43.2 Å². The van der Waals surface area contributed by atoms with Gasteiger partial charge in [-0.3, -0.25) is 14.6 Å². The number of carbonyl (C=O) groups excluding carboxylic acids is 1. The van der Waals surface area contributed by atoms with Crippen molar-refractivity contribution in [3.63, 3.8) is 0 Å². The highest BCUT2D eigenvalue weighted by molar-refractivity contribution is 6.01. The highest BCUT2D eigenvalue weighted by Crippen LogP contribution is 2.29. The van der Waals surface area contributed by atoms with Crippen LogP contribution in [0.3, 0.4) is 0 Å². The lowest BCUT2D eigenvalue weighted by molar-refractivity contribution is 0.0798. The van der Waals surface area contributed by atoms with E-state index >= 15 is 0 Å². The zero-order valence-electron chi connectivity index (χ0n) is 20.5. The Balaban J connectivity index is 2.07. The predicted octanol–water partition coefficient (Wildman–Crippen LogP) is 2.96. The van der Waals surface area contributed by atoms with Gasteiger partial charge in [-0.05, 0) is 25.8 Å². The van der Waals surface area contributed by atoms with Gasteiger partial charge >= 0.3 is 0 Å². The van der Waals surface area contributed by atoms with Gasteiger partial charge < -0.3 is 26.0 Å². The normalized spacial score (nSPS) is 12.8. The Hall–Kier alpha value is -3.79. The molecule has 1 atom stereocenters. The zero-order chi connectivity index (χ0) is 25.6. The van der Waals surface area contributed by atoms with E-state index in [2.05, 4.69) is 38.8 Å². The summed E-state index contributed by atoms with van der Waals surface area (Å²) in [7, 11) is 1.70. The number of aliphatic hydroxyl groups is 1. The van der Waals surface area contributed by atoms with Crippen LogP contribution in [0.4, 0.5) is 11.8 Å². The van der Waals surface area contributed by atoms with Crippen LogP contribution in [0.5, 0.6) is 0 Å². The highest BCUT2D eigenvalue weighted by Gasteiger charge is 2.25. The van der Waals surface area contributed by atoms with Gasteiger partial charge in [-0.2, -0.15) is 4.98 Å². The predicted molar refractivity (Wildman–Crippen MR) is 138 cm³/mol. The van der Waals surface area contributed by atoms with Crippen molar-refractivity contribution < 1.29 is 9.90 Å². The number of carbonyl (C=O) groups is 1. The maximum Gasteiger partial charge on any atom is 0.255 e. The number of aromatic amines is 1. The molecule has 0 spiro atoms. The molecule has 5 N–H and O–H groups in total. The molecular weight excluding hydrogens is 446 g/mol. The first-order valence-corrected chi connectivity index (χ1v) is 11.6. The number of anilines is 2. The first-order valence-electron chi connectivity index (χ1n) is 11.6. The minimum absolute atomic E-state index is 0.0427. The number of pyridine rings is 2. The van der Waals surface area contributed by atoms with Gasteiger partial charge in [0.05, 0.1) is 23.2 Å². The van der Waals surface area contributed by atoms with Crippen molar-refractivity contribution in [2.24, 2.45) is 0 Å². The van der Waals surface area contributed by atoms with E-state index in [1.54, 1.807) is 30.3 Å². The van der Waals surface area contributed by atoms with Crippen molar-refractivity contribution in [3.8, 4) is 11.1 Å². The topological polar surface area (TPSA) is 150 Å². The summed E-state index contributed by atoms with van der Waals surface area (Å²) in [6.07, 6.45) is 8.04. The average molecular weight is 480 g/mol. The van der Waals surface area contributed by atoms with Gasteiger partial charge in [0.2, 0.25) is 11.5 Å². The number of amides is 1. The lowest BCUT2D eigenvalue weighted by atomic mass is 9.96. The molecule has 3 aromatic heterocycles. The molecule has 3 aromatic rings. The number of H-pyrrole nitrogens is 1. The van der Waals surface area contributed by atoms with E-state index in [4.69, 9.17) is 5.73 Å². The largest absolute Gasteiger partial charge is 0.394 e. The number of nitrogens with zero attached hydrogens (tertiary/aromatic N) is 4. The molecule has 0 aliphatic heterocycles. The van der Waals surface area contributed by atoms with Crippen molar-refractivity contribution in [1.82, 2.24) is 24.8 Å². The molecule has 0 saturated heterocycles. The molecule has 0 aromatic carbocycles. The smallest absolute Gasteiger partial charge is 0.255 e. The van der Waals surface area contributed by atoms with E-state index in [9.17, 15) is 14.7 Å². The number of nitrogen functional groups attached to an aromatic ring is 1. The van der Waals surface area contributed by atoms with Crippen molar-refractivity contribution in [2.75, 3.05) is 31.2 Å². The van der Waals surface area contributed by atoms with Gasteiger partial charge in [-0.25, -0.2) is 4.98 Å². The highest BCUT2D eigenvalue weighted by atomic mass is 16.3. The Labute approximate surface area is 204 Å². The molecule has 10 heteroatoms. The van der Waals surface area contributed by atoms with Gasteiger partial charge in [0.1, 0.15) is 5.52 Å². The van der Waals surface area contributed by atoms with Crippen molar-refractivity contribution in [3.05, 3.63) is 53.1 Å². The fourth-order valence-electron chi connectivity index (χ4n) is 3.78. The summed E-state index contributed by atoms with van der Waals surface area (Å²) in [6.45, 7) is 8.10. The first kappa shape index (κ1) is 25.8. The van der Waals surface area contributed by atoms with Crippen LogP contribution in [0.25, 0.3) is 22.2 Å². The minimum atomic E-state index is -0.605. The molecule has 0 bridgehead atoms. The molecule has 3 rings (SSSR count). The number of unbranched alkanes of at least 4 members (excludes halogenated alkanes) is 1. The third kappa shape index (κ3) is 6.02. The van der Waals surface area contributed by atoms with E-state index in [0.29, 0.717) is 46.5 Å². The number of nitrogens with two attached hydrogens (primary N) is 1. The molecule has 0 unspecified atom stereocenters. The monoisotopic (exact) mass is 479 g/mol. The summed E-state index contributed by atoms with van der Waals surface area (Å²) in [5, 5.41) is 13.3. The summed E-state index contributed by atoms with van der Waals surface area (Å²) in [6, 6.07) is 3.10. The number of fused-ring (bicyclic) bond motifs is 1. The molecule has 0 fully saturated rings. The number of aliphatic hydroxyl groups excluding tert-OH is 1. The molecule has 35 heavy (non-hydrogen) atoms. The van der Waals surface area contributed by atoms with E-state index in [1.807, 2.05) is 6.92 Å². The van der Waals surface area contributed by atoms with Crippen LogP contribution in [0.15, 0.2) is 42.0 Å². The Morgan fingerprint density at radius 3 is 2.83 bits per heavy atom. The second kappa shape index (κ2) is 11.1. The van der Waals surface area contributed by atoms with Gasteiger partial charge in [0.15, 0.2) is 5.82 Å². The second-order valence-electron chi connectivity index (χ2n) is 8.90. The number of rotatable bonds is 11. The molecule has 0 radical (unpaired) electrons. The van der Waals surface area contributed by atoms with Crippen LogP contribution in [0.2, 0.25) is 0 Å². The number of nitrogens with one attached hydrogen (secondary N) is 2. The van der Waals surface area contributed by atoms with E-state index in [0.717, 1.165) is 19.3 Å². The van der Waals surface area contributed by atoms with Crippen LogP contribution >= 0.6 is 0 Å². The average Bonchev–Trinajstić information content (AvgIpc) is 2.85. The van der Waals surface area contributed by atoms with Gasteiger partial charge in [-0.15, -0.1) is 6.58 Å². The molecule has 3 heterocycles. The van der Waals surface area contributed by atoms with Crippen LogP contribution in [-0.4, -0.2) is 61.6 Å². The Morgan fingerprint density at radius 1 is 1.37 bits per heavy atom. The second-order valence-corrected chi connectivity index (χ2v) is 8.90. The number of aromatic nitrogens is 4. The van der Waals surface area contributed by atoms with E-state index in [1.165, 1.54) is 12.3 Å². The van der Waals surface area contributed by atoms with E-state index in [-0.39, 0.29) is 24.0 Å². The standard InChI is InChI=1S/C25H33N7O3/c1-5-7-9-25(3,15-33)31-22-21-19(29-24(26)30-22)11-16(13-28-21)17-12-20(34)27-14-18(17)23(35)32(4)10-8-6-2/h6,11-14,33H,2,5,7-10,15H2,1,3-4H3,(H,27,34)(H3,26,29,30,31)/t25-/m1/s1. The molecular formula is C25H33N7O3. The van der Waals surface area contributed by atoms with Gasteiger partial charge in [0.25, 0.3) is 5.91 Å². The third-order valence-electron chi connectivity index (χ3n) is 5.89. The summed E-state index contributed by atoms with van der Waals surface area (Å²) < 4.78 is 0. The molecule has 0 aliphatic carbocycles. The van der Waals surface area contributed by atoms with Crippen LogP contribution in [0.1, 0.15) is 49.9 Å². The molecule has 0 saturated carbocycles. The molecule has 1 amide bonds. The van der Waals surface area contributed by atoms with Crippen molar-refractivity contribution in [1.29, 1.82) is 0 Å². The quantitative estimate of drug-likeness (QED) is 0.307. The fourth-order valence-corrected chi connectivity index (χ4v) is 3.78. The first-order chi connectivity index (χ1) is 16.7. The summed E-state index contributed by atoms with van der Waals surface area (Å²) in [4.78, 5) is 42.5. The summed E-state index contributed by atoms with van der Waals surface area (Å²) in [5.74, 6) is 0.219. The Kier molecular flexibility index (Phi) is 8.18. The lowest BCUT2D eigenvalue weighted by Crippen LogP contribution is -2.39. The minimum Gasteiger partial charge on any atom is -0.394 e. The maximum absolute atomic E-state index is 13.1. The van der Waals surface area contributed by atoms with Gasteiger partial charge in [-0.1, -0.05) is 25.8 Å². The zero-order valence-corrected chi connectivity index (χ0v) is 20.5. The van der Waals surface area contributed by atoms with Crippen molar-refractivity contribution in [2.45, 2.75) is 45.1 Å².